The lowest BCUT2D eigenvalue weighted by Crippen LogP contribution is -2.67. The monoisotopic (exact) mass is 486 g/mol. The number of hydrogen-bond donors (Lipinski definition) is 5. The zero-order valence-corrected chi connectivity index (χ0v) is 19.4. The lowest BCUT2D eigenvalue weighted by atomic mass is 9.89. The summed E-state index contributed by atoms with van der Waals surface area (Å²) in [5.41, 5.74) is 6.46. The molecule has 1 aliphatic rings. The van der Waals surface area contributed by atoms with Crippen molar-refractivity contribution in [3.05, 3.63) is 29.8 Å². The summed E-state index contributed by atoms with van der Waals surface area (Å²) in [6.07, 6.45) is -6.31. The van der Waals surface area contributed by atoms with Gasteiger partial charge < -0.3 is 40.6 Å². The summed E-state index contributed by atoms with van der Waals surface area (Å²) in [4.78, 5) is 34.9. The molecule has 0 aromatic heterocycles. The number of aliphatic hydroxyl groups is 3. The Kier molecular flexibility index (Phi) is 9.64. The zero-order chi connectivity index (χ0) is 24.8. The number of benzene rings is 1. The second-order valence-corrected chi connectivity index (χ2v) is 9.02. The zero-order valence-electron chi connectivity index (χ0n) is 18.6. The number of thioether (sulfide) groups is 1. The van der Waals surface area contributed by atoms with Crippen molar-refractivity contribution < 1.29 is 43.9 Å². The van der Waals surface area contributed by atoms with Crippen LogP contribution in [0.15, 0.2) is 29.2 Å². The molecule has 1 fully saturated rings. The third kappa shape index (κ3) is 6.88. The van der Waals surface area contributed by atoms with Crippen molar-refractivity contribution in [2.45, 2.75) is 60.6 Å². The molecule has 0 spiro atoms. The van der Waals surface area contributed by atoms with E-state index in [4.69, 9.17) is 15.2 Å². The molecule has 1 aliphatic heterocycles. The Morgan fingerprint density at radius 1 is 1.30 bits per heavy atom. The van der Waals surface area contributed by atoms with E-state index in [2.05, 4.69) is 10.1 Å². The van der Waals surface area contributed by atoms with Crippen LogP contribution in [0.5, 0.6) is 0 Å². The molecule has 6 N–H and O–H groups in total. The van der Waals surface area contributed by atoms with Crippen molar-refractivity contribution >= 4 is 29.6 Å². The third-order valence-electron chi connectivity index (χ3n) is 5.08. The number of nitrogens with one attached hydrogen (secondary N) is 1. The predicted octanol–water partition coefficient (Wildman–Crippen LogP) is -1.17. The summed E-state index contributed by atoms with van der Waals surface area (Å²) in [5, 5.41) is 34.2. The van der Waals surface area contributed by atoms with E-state index >= 15 is 0 Å². The summed E-state index contributed by atoms with van der Waals surface area (Å²) in [5.74, 6) is -2.27. The molecule has 11 nitrogen and oxygen atoms in total. The van der Waals surface area contributed by atoms with E-state index in [-0.39, 0.29) is 13.0 Å². The molecule has 0 radical (unpaired) electrons. The summed E-state index contributed by atoms with van der Waals surface area (Å²) in [6, 6.07) is 5.92. The van der Waals surface area contributed by atoms with Gasteiger partial charge in [-0.3, -0.25) is 9.59 Å². The molecule has 0 saturated carbocycles. The van der Waals surface area contributed by atoms with Gasteiger partial charge in [-0.2, -0.15) is 0 Å². The largest absolute Gasteiger partial charge is 0.466 e. The van der Waals surface area contributed by atoms with Gasteiger partial charge in [-0.1, -0.05) is 29.5 Å². The van der Waals surface area contributed by atoms with Gasteiger partial charge in [-0.05, 0) is 19.1 Å². The first-order chi connectivity index (χ1) is 15.5. The molecule has 1 saturated heterocycles. The molecule has 0 bridgehead atoms. The molecule has 1 amide bonds. The molecule has 33 heavy (non-hydrogen) atoms. The number of amides is 1. The molecule has 1 aromatic carbocycles. The molecule has 12 heteroatoms. The highest BCUT2D eigenvalue weighted by Gasteiger charge is 2.55. The van der Waals surface area contributed by atoms with E-state index in [1.54, 1.807) is 12.1 Å². The predicted molar refractivity (Wildman–Crippen MR) is 117 cm³/mol. The van der Waals surface area contributed by atoms with Gasteiger partial charge in [-0.15, -0.1) is 0 Å². The minimum atomic E-state index is -1.79. The van der Waals surface area contributed by atoms with E-state index in [0.29, 0.717) is 4.90 Å². The lowest BCUT2D eigenvalue weighted by Gasteiger charge is -2.47. The fraction of sp³-hybridized carbons (Fsp3) is 0.571. The van der Waals surface area contributed by atoms with Crippen LogP contribution in [-0.4, -0.2) is 88.8 Å². The van der Waals surface area contributed by atoms with Crippen molar-refractivity contribution in [3.8, 4) is 0 Å². The van der Waals surface area contributed by atoms with Crippen molar-refractivity contribution in [3.63, 3.8) is 0 Å². The molecule has 0 aliphatic carbocycles. The van der Waals surface area contributed by atoms with Gasteiger partial charge in [0.2, 0.25) is 4.93 Å². The van der Waals surface area contributed by atoms with E-state index in [1.807, 2.05) is 19.1 Å². The molecule has 1 heterocycles. The van der Waals surface area contributed by atoms with Gasteiger partial charge in [0, 0.05) is 24.8 Å². The highest BCUT2D eigenvalue weighted by atomic mass is 32.2. The Morgan fingerprint density at radius 2 is 1.94 bits per heavy atom. The molecule has 1 unspecified atom stereocenters. The Bertz CT molecular complexity index is 838. The maximum absolute atomic E-state index is 12.8. The molecular formula is C21H30N2O9S. The first kappa shape index (κ1) is 27.0. The number of carbonyl (C=O) groups is 3. The molecule has 184 valence electrons. The van der Waals surface area contributed by atoms with Crippen LogP contribution in [0.1, 0.15) is 18.9 Å². The topological polar surface area (TPSA) is 178 Å². The Balaban J connectivity index is 2.39. The Morgan fingerprint density at radius 3 is 2.48 bits per heavy atom. The van der Waals surface area contributed by atoms with Crippen LogP contribution in [0.3, 0.4) is 0 Å². The van der Waals surface area contributed by atoms with E-state index in [9.17, 15) is 29.7 Å². The fourth-order valence-corrected chi connectivity index (χ4v) is 4.60. The first-order valence-electron chi connectivity index (χ1n) is 10.2. The number of ether oxygens (including phenoxy) is 3. The van der Waals surface area contributed by atoms with Gasteiger partial charge in [0.25, 0.3) is 5.91 Å². The van der Waals surface area contributed by atoms with Crippen LogP contribution in [-0.2, 0) is 28.6 Å². The standard InChI is InChI=1S/C21H30N2O9S/c1-11-4-6-13(7-5-11)33-21(20(29)30-3)8-14(25)17(23-16(27)10-31-12(2)24)19(32-21)18(28)15(26)9-22/h4-7,14-15,17-19,25-26,28H,8-10,22H2,1-3H3,(H,23,27)/t14-,15+,17+,18+,19+,21?/m0/s1. The van der Waals surface area contributed by atoms with E-state index < -0.39 is 59.8 Å². The SMILES string of the molecule is COC(=O)C1(Sc2ccc(C)cc2)C[C@H](O)[C@@H](NC(=O)COC(C)=O)[C@H]([C@H](O)[C@H](O)CN)O1. The summed E-state index contributed by atoms with van der Waals surface area (Å²) in [7, 11) is 1.16. The van der Waals surface area contributed by atoms with Crippen LogP contribution in [0.25, 0.3) is 0 Å². The van der Waals surface area contributed by atoms with Gasteiger partial charge in [0.1, 0.15) is 12.2 Å². The highest BCUT2D eigenvalue weighted by Crippen LogP contribution is 2.44. The number of aryl methyl sites for hydroxylation is 1. The van der Waals surface area contributed by atoms with E-state index in [1.165, 1.54) is 0 Å². The number of methoxy groups -OCH3 is 1. The summed E-state index contributed by atoms with van der Waals surface area (Å²) in [6.45, 7) is 2.06. The molecular weight excluding hydrogens is 456 g/mol. The van der Waals surface area contributed by atoms with Crippen LogP contribution < -0.4 is 11.1 Å². The molecule has 6 atom stereocenters. The minimum Gasteiger partial charge on any atom is -0.466 e. The quantitative estimate of drug-likeness (QED) is 0.266. The van der Waals surface area contributed by atoms with Crippen LogP contribution in [0.2, 0.25) is 0 Å². The number of carbonyl (C=O) groups excluding carboxylic acids is 3. The number of esters is 2. The third-order valence-corrected chi connectivity index (χ3v) is 6.35. The number of rotatable bonds is 9. The van der Waals surface area contributed by atoms with Crippen molar-refractivity contribution in [2.75, 3.05) is 20.3 Å². The van der Waals surface area contributed by atoms with Crippen molar-refractivity contribution in [2.24, 2.45) is 5.73 Å². The molecule has 1 aromatic rings. The Hall–Kier alpha value is -2.22. The van der Waals surface area contributed by atoms with E-state index in [0.717, 1.165) is 31.4 Å². The van der Waals surface area contributed by atoms with Gasteiger partial charge in [0.15, 0.2) is 6.61 Å². The normalized spacial score (nSPS) is 26.7. The van der Waals surface area contributed by atoms with Crippen LogP contribution in [0, 0.1) is 6.92 Å². The second kappa shape index (κ2) is 11.8. The minimum absolute atomic E-state index is 0.307. The van der Waals surface area contributed by atoms with Crippen molar-refractivity contribution in [1.82, 2.24) is 5.32 Å². The van der Waals surface area contributed by atoms with Crippen LogP contribution in [0.4, 0.5) is 0 Å². The number of nitrogens with two attached hydrogens (primary N) is 1. The number of hydrogen-bond acceptors (Lipinski definition) is 11. The second-order valence-electron chi connectivity index (χ2n) is 7.68. The molecule has 2 rings (SSSR count). The van der Waals surface area contributed by atoms with Crippen LogP contribution >= 0.6 is 11.8 Å². The Labute approximate surface area is 195 Å². The lowest BCUT2D eigenvalue weighted by molar-refractivity contribution is -0.204. The van der Waals surface area contributed by atoms with Crippen molar-refractivity contribution in [1.29, 1.82) is 0 Å². The summed E-state index contributed by atoms with van der Waals surface area (Å²) < 4.78 is 15.6. The summed E-state index contributed by atoms with van der Waals surface area (Å²) >= 11 is 0.970. The maximum Gasteiger partial charge on any atom is 0.349 e. The van der Waals surface area contributed by atoms with Gasteiger partial charge in [0.05, 0.1) is 25.4 Å². The first-order valence-corrected chi connectivity index (χ1v) is 11.0. The van der Waals surface area contributed by atoms with Gasteiger partial charge in [-0.25, -0.2) is 4.79 Å². The van der Waals surface area contributed by atoms with Gasteiger partial charge >= 0.3 is 11.9 Å². The average molecular weight is 487 g/mol. The average Bonchev–Trinajstić information content (AvgIpc) is 2.79. The fourth-order valence-electron chi connectivity index (χ4n) is 3.37. The highest BCUT2D eigenvalue weighted by molar-refractivity contribution is 8.01. The number of aliphatic hydroxyl groups excluding tert-OH is 3. The maximum atomic E-state index is 12.8. The smallest absolute Gasteiger partial charge is 0.349 e.